The van der Waals surface area contributed by atoms with Crippen molar-refractivity contribution in [2.75, 3.05) is 22.9 Å². The Morgan fingerprint density at radius 1 is 0.780 bits per heavy atom. The van der Waals surface area contributed by atoms with Crippen molar-refractivity contribution in [3.05, 3.63) is 175 Å². The molecule has 1 spiro atoms. The van der Waals surface area contributed by atoms with E-state index in [0.29, 0.717) is 6.54 Å². The zero-order valence-corrected chi connectivity index (χ0v) is 27.9. The molecule has 4 aliphatic rings. The first kappa shape index (κ1) is 30.0. The van der Waals surface area contributed by atoms with Gasteiger partial charge in [0.1, 0.15) is 0 Å². The number of benzene rings is 4. The van der Waals surface area contributed by atoms with Crippen molar-refractivity contribution in [3.8, 4) is 0 Å². The third-order valence-electron chi connectivity index (χ3n) is 10.3. The summed E-state index contributed by atoms with van der Waals surface area (Å²) < 4.78 is 0. The molecule has 0 bridgehead atoms. The summed E-state index contributed by atoms with van der Waals surface area (Å²) in [5.41, 5.74) is 10.6. The highest BCUT2D eigenvalue weighted by atomic mass is 15.2. The molecule has 1 aliphatic carbocycles. The van der Waals surface area contributed by atoms with Gasteiger partial charge < -0.3 is 9.80 Å². The zero-order chi connectivity index (χ0) is 33.5. The van der Waals surface area contributed by atoms with Crippen LogP contribution in [-0.2, 0) is 5.41 Å². The number of hydrogen-bond donors (Lipinski definition) is 0. The van der Waals surface area contributed by atoms with Crippen molar-refractivity contribution < 1.29 is 0 Å². The van der Waals surface area contributed by atoms with Crippen molar-refractivity contribution in [3.63, 3.8) is 0 Å². The van der Waals surface area contributed by atoms with E-state index in [4.69, 9.17) is 15.0 Å². The Balaban J connectivity index is 1.20. The minimum absolute atomic E-state index is 0.157. The van der Waals surface area contributed by atoms with Gasteiger partial charge in [-0.3, -0.25) is 9.98 Å². The van der Waals surface area contributed by atoms with Gasteiger partial charge in [0.05, 0.1) is 28.6 Å². The Morgan fingerprint density at radius 3 is 2.62 bits per heavy atom. The van der Waals surface area contributed by atoms with Crippen LogP contribution in [0.3, 0.4) is 0 Å². The van der Waals surface area contributed by atoms with Crippen LogP contribution in [0.2, 0.25) is 0 Å². The lowest BCUT2D eigenvalue weighted by Gasteiger charge is -2.28. The maximum Gasteiger partial charge on any atom is 0.152 e. The summed E-state index contributed by atoms with van der Waals surface area (Å²) in [7, 11) is 0. The van der Waals surface area contributed by atoms with Gasteiger partial charge in [0.15, 0.2) is 5.82 Å². The molecule has 0 fully saturated rings. The maximum absolute atomic E-state index is 5.14. The van der Waals surface area contributed by atoms with Crippen LogP contribution in [0, 0.1) is 0 Å². The van der Waals surface area contributed by atoms with Gasteiger partial charge in [-0.05, 0) is 83.3 Å². The molecule has 5 aromatic rings. The molecule has 4 aromatic carbocycles. The molecule has 0 saturated carbocycles. The molecule has 0 N–H and O–H groups in total. The van der Waals surface area contributed by atoms with Crippen LogP contribution in [-0.4, -0.2) is 29.3 Å². The molecule has 4 heterocycles. The number of para-hydroxylation sites is 2. The van der Waals surface area contributed by atoms with Crippen molar-refractivity contribution in [1.29, 1.82) is 0 Å². The van der Waals surface area contributed by atoms with Gasteiger partial charge in [-0.1, -0.05) is 97.6 Å². The van der Waals surface area contributed by atoms with E-state index in [-0.39, 0.29) is 5.41 Å². The average molecular weight is 648 g/mol. The summed E-state index contributed by atoms with van der Waals surface area (Å²) in [4.78, 5) is 19.5. The van der Waals surface area contributed by atoms with Gasteiger partial charge in [0, 0.05) is 53.7 Å². The zero-order valence-electron chi connectivity index (χ0n) is 27.9. The van der Waals surface area contributed by atoms with E-state index >= 15 is 0 Å². The summed E-state index contributed by atoms with van der Waals surface area (Å²) in [6.45, 7) is 6.10. The molecule has 5 heteroatoms. The first-order chi connectivity index (χ1) is 24.7. The molecule has 242 valence electrons. The van der Waals surface area contributed by atoms with E-state index in [1.807, 2.05) is 36.7 Å². The fraction of sp³-hybridized carbons (Fsp3) is 0.133. The smallest absolute Gasteiger partial charge is 0.152 e. The second kappa shape index (κ2) is 12.4. The lowest BCUT2D eigenvalue weighted by Crippen LogP contribution is -2.31. The third kappa shape index (κ3) is 5.23. The second-order valence-electron chi connectivity index (χ2n) is 13.3. The van der Waals surface area contributed by atoms with Crippen LogP contribution < -0.4 is 9.80 Å². The normalized spacial score (nSPS) is 21.6. The van der Waals surface area contributed by atoms with Crippen molar-refractivity contribution in [1.82, 2.24) is 9.97 Å². The largest absolute Gasteiger partial charge is 0.340 e. The highest BCUT2D eigenvalue weighted by Crippen LogP contribution is 2.48. The molecule has 5 nitrogen and oxygen atoms in total. The number of anilines is 3. The van der Waals surface area contributed by atoms with E-state index in [9.17, 15) is 0 Å². The van der Waals surface area contributed by atoms with Crippen molar-refractivity contribution >= 4 is 56.5 Å². The van der Waals surface area contributed by atoms with Crippen LogP contribution in [0.4, 0.5) is 17.2 Å². The molecule has 1 unspecified atom stereocenters. The van der Waals surface area contributed by atoms with Crippen LogP contribution >= 0.6 is 0 Å². The maximum atomic E-state index is 5.14. The lowest BCUT2D eigenvalue weighted by atomic mass is 9.78. The van der Waals surface area contributed by atoms with Crippen LogP contribution in [0.1, 0.15) is 36.0 Å². The molecule has 0 saturated heterocycles. The lowest BCUT2D eigenvalue weighted by molar-refractivity contribution is 0.581. The first-order valence-electron chi connectivity index (χ1n) is 17.4. The predicted molar refractivity (Wildman–Crippen MR) is 210 cm³/mol. The summed E-state index contributed by atoms with van der Waals surface area (Å²) in [5.74, 6) is 0.802. The average Bonchev–Trinajstić information content (AvgIpc) is 3.36. The number of allylic oxidation sites excluding steroid dienone is 9. The monoisotopic (exact) mass is 647 g/mol. The molecule has 1 atom stereocenters. The van der Waals surface area contributed by atoms with Gasteiger partial charge >= 0.3 is 0 Å². The van der Waals surface area contributed by atoms with E-state index < -0.39 is 0 Å². The molecule has 0 radical (unpaired) electrons. The summed E-state index contributed by atoms with van der Waals surface area (Å²) in [5, 5.41) is 2.35. The number of aliphatic imine (C=N–C) groups is 1. The Morgan fingerprint density at radius 2 is 1.66 bits per heavy atom. The van der Waals surface area contributed by atoms with Gasteiger partial charge in [0.25, 0.3) is 0 Å². The fourth-order valence-electron chi connectivity index (χ4n) is 7.76. The van der Waals surface area contributed by atoms with Crippen LogP contribution in [0.5, 0.6) is 0 Å². The molecule has 1 aromatic heterocycles. The number of fused-ring (bicyclic) bond motifs is 6. The molecule has 50 heavy (non-hydrogen) atoms. The molecule has 0 amide bonds. The Labute approximate surface area is 293 Å². The van der Waals surface area contributed by atoms with E-state index in [1.54, 1.807) is 0 Å². The standard InChI is InChI=1S/C45H37N5/c1-32-18-21-35(50-31-45(25-10-2-3-11-26-45)37-29-34(20-22-41(37)50)38-15-5-4-12-27-46-38)24-28-49(43-30-47-39-16-8-9-17-40(39)48-43)42-23-19-33-13-6-7-14-36(33)44(32)42/h2,4-11,13-24,26-27,29-30H,1,3,12,25,28,31H2/b21-18-,35-24+. The predicted octanol–water partition coefficient (Wildman–Crippen LogP) is 10.4. The minimum Gasteiger partial charge on any atom is -0.340 e. The Kier molecular flexibility index (Phi) is 7.46. The highest BCUT2D eigenvalue weighted by Gasteiger charge is 2.41. The number of rotatable bonds is 3. The topological polar surface area (TPSA) is 44.6 Å². The van der Waals surface area contributed by atoms with Gasteiger partial charge in [-0.2, -0.15) is 0 Å². The van der Waals surface area contributed by atoms with Gasteiger partial charge in [-0.15, -0.1) is 0 Å². The van der Waals surface area contributed by atoms with E-state index in [0.717, 1.165) is 76.4 Å². The number of aromatic nitrogens is 2. The molecular weight excluding hydrogens is 611 g/mol. The summed E-state index contributed by atoms with van der Waals surface area (Å²) >= 11 is 0. The van der Waals surface area contributed by atoms with E-state index in [2.05, 4.69) is 132 Å². The molecular formula is C45H37N5. The van der Waals surface area contributed by atoms with Gasteiger partial charge in [0.2, 0.25) is 0 Å². The molecule has 9 rings (SSSR count). The first-order valence-corrected chi connectivity index (χ1v) is 17.4. The quantitative estimate of drug-likeness (QED) is 0.183. The minimum atomic E-state index is -0.157. The van der Waals surface area contributed by atoms with Crippen LogP contribution in [0.15, 0.2) is 163 Å². The number of nitrogens with zero attached hydrogens (tertiary/aromatic N) is 5. The van der Waals surface area contributed by atoms with Crippen LogP contribution in [0.25, 0.3) is 33.1 Å². The van der Waals surface area contributed by atoms with E-state index in [1.165, 1.54) is 22.0 Å². The third-order valence-corrected chi connectivity index (χ3v) is 10.3. The Bertz CT molecular complexity index is 2400. The van der Waals surface area contributed by atoms with Crippen molar-refractivity contribution in [2.24, 2.45) is 4.99 Å². The van der Waals surface area contributed by atoms with Gasteiger partial charge in [-0.25, -0.2) is 4.98 Å². The number of hydrogen-bond acceptors (Lipinski definition) is 5. The second-order valence-corrected chi connectivity index (χ2v) is 13.3. The SMILES string of the molecule is C=C1/C=C\C(N2CC3(C=CCC=CC3)c3cc(C4=CC=CCC=N4)ccc32)=C/CN(c2cnc3ccccc3n2)c2ccc3ccccc3c21. The van der Waals surface area contributed by atoms with Crippen molar-refractivity contribution in [2.45, 2.75) is 24.7 Å². The highest BCUT2D eigenvalue weighted by molar-refractivity contribution is 6.02. The summed E-state index contributed by atoms with van der Waals surface area (Å²) in [6.07, 6.45) is 29.2. The summed E-state index contributed by atoms with van der Waals surface area (Å²) in [6, 6.07) is 27.9. The molecule has 3 aliphatic heterocycles. The fourth-order valence-corrected chi connectivity index (χ4v) is 7.76. The Hall–Kier alpha value is -6.07.